The minimum absolute atomic E-state index is 0.0769. The highest BCUT2D eigenvalue weighted by Gasteiger charge is 2.20. The van der Waals surface area contributed by atoms with Gasteiger partial charge in [-0.05, 0) is 58.5 Å². The molecular weight excluding hydrogens is 342 g/mol. The Hall–Kier alpha value is -3.20. The van der Waals surface area contributed by atoms with Gasteiger partial charge in [0.25, 0.3) is 0 Å². The van der Waals surface area contributed by atoms with Crippen molar-refractivity contribution in [1.29, 1.82) is 0 Å². The van der Waals surface area contributed by atoms with E-state index in [2.05, 4.69) is 6.58 Å². The number of rotatable bonds is 5. The van der Waals surface area contributed by atoms with Crippen LogP contribution in [0.1, 0.15) is 35.6 Å². The largest absolute Gasteiger partial charge is 0.508 e. The zero-order valence-electron chi connectivity index (χ0n) is 15.0. The van der Waals surface area contributed by atoms with E-state index < -0.39 is 11.6 Å². The van der Waals surface area contributed by atoms with E-state index in [9.17, 15) is 13.9 Å². The van der Waals surface area contributed by atoms with Gasteiger partial charge in [-0.15, -0.1) is 0 Å². The van der Waals surface area contributed by atoms with E-state index in [4.69, 9.17) is 0 Å². The zero-order valence-corrected chi connectivity index (χ0v) is 15.0. The predicted octanol–water partition coefficient (Wildman–Crippen LogP) is 6.68. The molecule has 3 aromatic carbocycles. The van der Waals surface area contributed by atoms with Crippen LogP contribution in [0.25, 0.3) is 17.2 Å². The fourth-order valence-electron chi connectivity index (χ4n) is 3.21. The summed E-state index contributed by atoms with van der Waals surface area (Å²) in [6.45, 7) is 5.54. The number of benzene rings is 3. The molecule has 0 spiro atoms. The van der Waals surface area contributed by atoms with Crippen LogP contribution in [0.4, 0.5) is 8.78 Å². The summed E-state index contributed by atoms with van der Waals surface area (Å²) in [5.74, 6) is -1.19. The Balaban J connectivity index is 2.37. The molecule has 27 heavy (non-hydrogen) atoms. The molecule has 1 N–H and O–H groups in total. The van der Waals surface area contributed by atoms with Gasteiger partial charge in [0.1, 0.15) is 17.4 Å². The summed E-state index contributed by atoms with van der Waals surface area (Å²) in [5, 5.41) is 9.62. The average Bonchev–Trinajstić information content (AvgIpc) is 2.68. The minimum Gasteiger partial charge on any atom is -0.508 e. The standard InChI is InChI=1S/C24H20F2O/c1-3-16-14-21(25)24(22(26)15-16)23(18-10-12-19(27)13-11-18)20(4-2)17-8-6-5-7-9-17/h3,5-15,27H,1,4H2,2H3/b23-20-. The zero-order chi connectivity index (χ0) is 19.4. The molecule has 0 atom stereocenters. The average molecular weight is 362 g/mol. The summed E-state index contributed by atoms with van der Waals surface area (Å²) in [6.07, 6.45) is 2.00. The lowest BCUT2D eigenvalue weighted by Crippen LogP contribution is -2.01. The Morgan fingerprint density at radius 2 is 1.52 bits per heavy atom. The first-order valence-electron chi connectivity index (χ1n) is 8.75. The van der Waals surface area contributed by atoms with Crippen LogP contribution in [-0.4, -0.2) is 5.11 Å². The molecule has 0 heterocycles. The maximum atomic E-state index is 15.0. The van der Waals surface area contributed by atoms with Crippen LogP contribution in [0.2, 0.25) is 0 Å². The molecule has 0 aromatic heterocycles. The number of phenolic OH excluding ortho intramolecular Hbond substituents is 1. The molecule has 0 amide bonds. The van der Waals surface area contributed by atoms with Crippen molar-refractivity contribution in [3.05, 3.63) is 107 Å². The normalized spacial score (nSPS) is 11.8. The monoisotopic (exact) mass is 362 g/mol. The van der Waals surface area contributed by atoms with Gasteiger partial charge in [0.2, 0.25) is 0 Å². The predicted molar refractivity (Wildman–Crippen MR) is 107 cm³/mol. The van der Waals surface area contributed by atoms with Crippen LogP contribution >= 0.6 is 0 Å². The van der Waals surface area contributed by atoms with E-state index >= 15 is 0 Å². The molecule has 3 rings (SSSR count). The third-order valence-corrected chi connectivity index (χ3v) is 4.48. The summed E-state index contributed by atoms with van der Waals surface area (Å²) in [5.41, 5.74) is 3.15. The lowest BCUT2D eigenvalue weighted by Gasteiger charge is -2.18. The molecule has 3 aromatic rings. The minimum atomic E-state index is -0.644. The second kappa shape index (κ2) is 8.00. The molecular formula is C24H20F2O. The van der Waals surface area contributed by atoms with Gasteiger partial charge in [-0.2, -0.15) is 0 Å². The Morgan fingerprint density at radius 1 is 0.926 bits per heavy atom. The summed E-state index contributed by atoms with van der Waals surface area (Å²) in [7, 11) is 0. The van der Waals surface area contributed by atoms with E-state index in [-0.39, 0.29) is 11.3 Å². The van der Waals surface area contributed by atoms with Gasteiger partial charge in [0, 0.05) is 0 Å². The SMILES string of the molecule is C=Cc1cc(F)c(/C(=C(/CC)c2ccccc2)c2ccc(O)cc2)c(F)c1. The third kappa shape index (κ3) is 3.82. The molecule has 0 bridgehead atoms. The second-order valence-corrected chi connectivity index (χ2v) is 6.18. The summed E-state index contributed by atoms with van der Waals surface area (Å²) >= 11 is 0. The summed E-state index contributed by atoms with van der Waals surface area (Å²) in [6, 6.07) is 18.5. The molecule has 0 aliphatic heterocycles. The van der Waals surface area contributed by atoms with E-state index in [1.807, 2.05) is 37.3 Å². The second-order valence-electron chi connectivity index (χ2n) is 6.18. The first-order chi connectivity index (χ1) is 13.0. The van der Waals surface area contributed by atoms with Crippen LogP contribution in [-0.2, 0) is 0 Å². The highest BCUT2D eigenvalue weighted by Crippen LogP contribution is 2.37. The summed E-state index contributed by atoms with van der Waals surface area (Å²) in [4.78, 5) is 0. The fourth-order valence-corrected chi connectivity index (χ4v) is 3.21. The number of allylic oxidation sites excluding steroid dienone is 1. The topological polar surface area (TPSA) is 20.2 Å². The van der Waals surface area contributed by atoms with Gasteiger partial charge in [0.05, 0.1) is 5.56 Å². The third-order valence-electron chi connectivity index (χ3n) is 4.48. The van der Waals surface area contributed by atoms with Gasteiger partial charge in [-0.1, -0.05) is 62.0 Å². The van der Waals surface area contributed by atoms with Crippen molar-refractivity contribution < 1.29 is 13.9 Å². The number of hydrogen-bond donors (Lipinski definition) is 1. The van der Waals surface area contributed by atoms with E-state index in [0.29, 0.717) is 23.1 Å². The Morgan fingerprint density at radius 3 is 2.04 bits per heavy atom. The van der Waals surface area contributed by atoms with E-state index in [0.717, 1.165) is 11.1 Å². The van der Waals surface area contributed by atoms with Crippen molar-refractivity contribution >= 4 is 17.2 Å². The highest BCUT2D eigenvalue weighted by molar-refractivity contribution is 5.99. The van der Waals surface area contributed by atoms with Gasteiger partial charge >= 0.3 is 0 Å². The lowest BCUT2D eigenvalue weighted by atomic mass is 9.87. The first-order valence-corrected chi connectivity index (χ1v) is 8.75. The molecule has 0 radical (unpaired) electrons. The molecule has 3 heteroatoms. The van der Waals surface area contributed by atoms with E-state index in [1.54, 1.807) is 12.1 Å². The van der Waals surface area contributed by atoms with Gasteiger partial charge in [-0.25, -0.2) is 8.78 Å². The lowest BCUT2D eigenvalue weighted by molar-refractivity contribution is 0.475. The molecule has 0 aliphatic rings. The van der Waals surface area contributed by atoms with Gasteiger partial charge in [-0.3, -0.25) is 0 Å². The summed E-state index contributed by atoms with van der Waals surface area (Å²) < 4.78 is 29.9. The van der Waals surface area contributed by atoms with Gasteiger partial charge in [0.15, 0.2) is 0 Å². The van der Waals surface area contributed by atoms with Crippen molar-refractivity contribution in [3.63, 3.8) is 0 Å². The quantitative estimate of drug-likeness (QED) is 0.502. The van der Waals surface area contributed by atoms with Crippen molar-refractivity contribution in [2.75, 3.05) is 0 Å². The maximum Gasteiger partial charge on any atom is 0.134 e. The molecule has 0 aliphatic carbocycles. The van der Waals surface area contributed by atoms with Crippen LogP contribution in [0.3, 0.4) is 0 Å². The van der Waals surface area contributed by atoms with Crippen LogP contribution in [0.15, 0.2) is 73.3 Å². The maximum absolute atomic E-state index is 15.0. The number of aromatic hydroxyl groups is 1. The molecule has 1 nitrogen and oxygen atoms in total. The highest BCUT2D eigenvalue weighted by atomic mass is 19.1. The van der Waals surface area contributed by atoms with Crippen molar-refractivity contribution in [3.8, 4) is 5.75 Å². The Labute approximate surface area is 157 Å². The van der Waals surface area contributed by atoms with Crippen LogP contribution < -0.4 is 0 Å². The smallest absolute Gasteiger partial charge is 0.134 e. The van der Waals surface area contributed by atoms with Crippen LogP contribution in [0.5, 0.6) is 5.75 Å². The van der Waals surface area contributed by atoms with Gasteiger partial charge < -0.3 is 5.11 Å². The number of hydrogen-bond acceptors (Lipinski definition) is 1. The molecule has 0 unspecified atom stereocenters. The first kappa shape index (κ1) is 18.6. The Bertz CT molecular complexity index is 964. The van der Waals surface area contributed by atoms with Crippen LogP contribution in [0, 0.1) is 11.6 Å². The molecule has 136 valence electrons. The van der Waals surface area contributed by atoms with Crippen molar-refractivity contribution in [2.24, 2.45) is 0 Å². The number of halogens is 2. The molecule has 0 saturated carbocycles. The fraction of sp³-hybridized carbons (Fsp3) is 0.0833. The molecule has 0 saturated heterocycles. The molecule has 0 fully saturated rings. The van der Waals surface area contributed by atoms with Crippen molar-refractivity contribution in [1.82, 2.24) is 0 Å². The van der Waals surface area contributed by atoms with Crippen molar-refractivity contribution in [2.45, 2.75) is 13.3 Å². The van der Waals surface area contributed by atoms with E-state index in [1.165, 1.54) is 30.3 Å². The Kier molecular flexibility index (Phi) is 5.51. The number of phenols is 1.